The molecule has 4 heteroatoms. The van der Waals surface area contributed by atoms with Crippen LogP contribution in [0.4, 0.5) is 0 Å². The van der Waals surface area contributed by atoms with Gasteiger partial charge < -0.3 is 9.15 Å². The fourth-order valence-electron chi connectivity index (χ4n) is 4.05. The first-order chi connectivity index (χ1) is 10.8. The minimum atomic E-state index is -0.130. The largest absolute Gasteiger partial charge is 0.445 e. The zero-order valence-electron chi connectivity index (χ0n) is 12.6. The molecule has 1 atom stereocenters. The Morgan fingerprint density at radius 3 is 2.68 bits per heavy atom. The van der Waals surface area contributed by atoms with Crippen molar-refractivity contribution in [2.24, 2.45) is 0 Å². The van der Waals surface area contributed by atoms with Gasteiger partial charge in [-0.1, -0.05) is 0 Å². The summed E-state index contributed by atoms with van der Waals surface area (Å²) in [7, 11) is 0. The van der Waals surface area contributed by atoms with Crippen molar-refractivity contribution >= 4 is 11.0 Å². The Bertz CT molecular complexity index is 819. The molecular weight excluding hydrogens is 278 g/mol. The van der Waals surface area contributed by atoms with Gasteiger partial charge in [-0.05, 0) is 43.4 Å². The number of ether oxygens (including phenoxy) is 1. The molecule has 4 nitrogen and oxygen atoms in total. The summed E-state index contributed by atoms with van der Waals surface area (Å²) in [4.78, 5) is 13.8. The van der Waals surface area contributed by atoms with E-state index in [2.05, 4.69) is 12.1 Å². The summed E-state index contributed by atoms with van der Waals surface area (Å²) in [6, 6.07) is 4.88. The van der Waals surface area contributed by atoms with E-state index in [0.29, 0.717) is 0 Å². The molecular formula is C18H20NO3+. The van der Waals surface area contributed by atoms with Crippen LogP contribution in [0.15, 0.2) is 21.3 Å². The van der Waals surface area contributed by atoms with Crippen molar-refractivity contribution in [2.75, 3.05) is 6.73 Å². The molecule has 1 N–H and O–H groups in total. The molecule has 0 saturated heterocycles. The summed E-state index contributed by atoms with van der Waals surface area (Å²) in [5, 5.41) is 1.13. The van der Waals surface area contributed by atoms with Crippen molar-refractivity contribution in [3.05, 3.63) is 39.2 Å². The predicted molar refractivity (Wildman–Crippen MR) is 82.3 cm³/mol. The van der Waals surface area contributed by atoms with Crippen LogP contribution in [0.1, 0.15) is 42.4 Å². The van der Waals surface area contributed by atoms with Crippen LogP contribution in [0.2, 0.25) is 0 Å². The van der Waals surface area contributed by atoms with Gasteiger partial charge in [0.05, 0.1) is 11.6 Å². The van der Waals surface area contributed by atoms with E-state index in [1.54, 1.807) is 0 Å². The normalized spacial score (nSPS) is 23.7. The molecule has 5 rings (SSSR count). The summed E-state index contributed by atoms with van der Waals surface area (Å²) in [5.41, 5.74) is 3.87. The fraction of sp³-hybridized carbons (Fsp3) is 0.500. The Balaban J connectivity index is 1.73. The molecule has 1 unspecified atom stereocenters. The molecule has 2 aromatic rings. The molecule has 22 heavy (non-hydrogen) atoms. The molecule has 1 aromatic heterocycles. The maximum absolute atomic E-state index is 12.4. The van der Waals surface area contributed by atoms with Gasteiger partial charge in [0.1, 0.15) is 12.3 Å². The van der Waals surface area contributed by atoms with Crippen LogP contribution in [0.3, 0.4) is 0 Å². The average Bonchev–Trinajstić information content (AvgIpc) is 3.39. The lowest BCUT2D eigenvalue weighted by molar-refractivity contribution is -0.943. The minimum Gasteiger partial charge on any atom is -0.445 e. The third-order valence-corrected chi connectivity index (χ3v) is 5.42. The average molecular weight is 298 g/mol. The Morgan fingerprint density at radius 2 is 1.86 bits per heavy atom. The number of hydrogen-bond acceptors (Lipinski definition) is 3. The number of benzene rings is 1. The molecule has 1 aliphatic heterocycles. The highest BCUT2D eigenvalue weighted by Crippen LogP contribution is 2.34. The second kappa shape index (κ2) is 4.59. The van der Waals surface area contributed by atoms with E-state index in [9.17, 15) is 4.79 Å². The second-order valence-corrected chi connectivity index (χ2v) is 6.87. The van der Waals surface area contributed by atoms with Crippen molar-refractivity contribution in [2.45, 2.75) is 51.1 Å². The highest BCUT2D eigenvalue weighted by molar-refractivity contribution is 5.86. The van der Waals surface area contributed by atoms with E-state index in [0.717, 1.165) is 66.4 Å². The van der Waals surface area contributed by atoms with Gasteiger partial charge in [-0.25, -0.2) is 4.79 Å². The Kier molecular flexibility index (Phi) is 2.65. The van der Waals surface area contributed by atoms with Gasteiger partial charge in [-0.15, -0.1) is 0 Å². The summed E-state index contributed by atoms with van der Waals surface area (Å²) >= 11 is 0. The van der Waals surface area contributed by atoms with Gasteiger partial charge in [-0.2, -0.15) is 0 Å². The van der Waals surface area contributed by atoms with Crippen molar-refractivity contribution in [1.29, 1.82) is 0 Å². The molecule has 0 radical (unpaired) electrons. The highest BCUT2D eigenvalue weighted by Gasteiger charge is 2.37. The first-order valence-corrected chi connectivity index (χ1v) is 8.39. The van der Waals surface area contributed by atoms with E-state index in [4.69, 9.17) is 9.15 Å². The number of quaternary nitrogens is 1. The molecule has 0 bridgehead atoms. The molecule has 1 saturated carbocycles. The smallest absolute Gasteiger partial charge is 0.339 e. The summed E-state index contributed by atoms with van der Waals surface area (Å²) < 4.78 is 11.7. The summed E-state index contributed by atoms with van der Waals surface area (Å²) in [5.74, 6) is 0.899. The maximum Gasteiger partial charge on any atom is 0.339 e. The Labute approximate surface area is 128 Å². The number of hydrogen-bond donors (Lipinski definition) is 1. The zero-order chi connectivity index (χ0) is 14.7. The molecule has 2 aliphatic carbocycles. The number of aryl methyl sites for hydroxylation is 1. The van der Waals surface area contributed by atoms with Crippen molar-refractivity contribution in [1.82, 2.24) is 0 Å². The van der Waals surface area contributed by atoms with E-state index in [-0.39, 0.29) is 5.63 Å². The van der Waals surface area contributed by atoms with Crippen LogP contribution in [0.25, 0.3) is 11.0 Å². The summed E-state index contributed by atoms with van der Waals surface area (Å²) in [6.45, 7) is 1.65. The van der Waals surface area contributed by atoms with Gasteiger partial charge in [0.25, 0.3) is 0 Å². The topological polar surface area (TPSA) is 43.9 Å². The van der Waals surface area contributed by atoms with Gasteiger partial charge in [-0.3, -0.25) is 4.90 Å². The number of rotatable bonds is 1. The summed E-state index contributed by atoms with van der Waals surface area (Å²) in [6.07, 6.45) is 6.70. The van der Waals surface area contributed by atoms with E-state index in [1.807, 2.05) is 0 Å². The van der Waals surface area contributed by atoms with E-state index in [1.165, 1.54) is 29.7 Å². The van der Waals surface area contributed by atoms with Gasteiger partial charge in [0, 0.05) is 23.8 Å². The van der Waals surface area contributed by atoms with Crippen LogP contribution in [-0.4, -0.2) is 12.8 Å². The van der Waals surface area contributed by atoms with Gasteiger partial charge in [0.2, 0.25) is 6.73 Å². The third kappa shape index (κ3) is 1.83. The molecule has 3 aliphatic rings. The predicted octanol–water partition coefficient (Wildman–Crippen LogP) is 1.57. The van der Waals surface area contributed by atoms with Crippen LogP contribution < -0.4 is 15.3 Å². The SMILES string of the molecule is O=c1oc2c3c(ccc2c2c1CCCC2)OC[NH+](C1CC1)C3. The number of nitrogens with one attached hydrogen (secondary N) is 1. The standard InChI is InChI=1S/C18H19NO3/c20-18-14-4-2-1-3-12(14)13-7-8-16-15(17(13)22-18)9-19(10-21-16)11-5-6-11/h7-8,11H,1-6,9-10H2/p+1. The lowest BCUT2D eigenvalue weighted by Gasteiger charge is -2.27. The Morgan fingerprint density at radius 1 is 1.05 bits per heavy atom. The lowest BCUT2D eigenvalue weighted by atomic mass is 9.90. The zero-order valence-corrected chi connectivity index (χ0v) is 12.6. The molecule has 2 heterocycles. The lowest BCUT2D eigenvalue weighted by Crippen LogP contribution is -3.13. The van der Waals surface area contributed by atoms with Gasteiger partial charge in [0.15, 0.2) is 5.58 Å². The van der Waals surface area contributed by atoms with E-state index < -0.39 is 0 Å². The minimum absolute atomic E-state index is 0.130. The van der Waals surface area contributed by atoms with Crippen molar-refractivity contribution < 1.29 is 14.1 Å². The van der Waals surface area contributed by atoms with Crippen LogP contribution >= 0.6 is 0 Å². The Hall–Kier alpha value is -1.81. The molecule has 1 fully saturated rings. The van der Waals surface area contributed by atoms with E-state index >= 15 is 0 Å². The quantitative estimate of drug-likeness (QED) is 0.813. The van der Waals surface area contributed by atoms with Crippen LogP contribution in [0, 0.1) is 0 Å². The second-order valence-electron chi connectivity index (χ2n) is 6.87. The fourth-order valence-corrected chi connectivity index (χ4v) is 4.05. The van der Waals surface area contributed by atoms with Crippen LogP contribution in [0.5, 0.6) is 5.75 Å². The monoisotopic (exact) mass is 298 g/mol. The molecule has 0 amide bonds. The first-order valence-electron chi connectivity index (χ1n) is 8.39. The number of fused-ring (bicyclic) bond motifs is 5. The maximum atomic E-state index is 12.4. The first kappa shape index (κ1) is 12.7. The third-order valence-electron chi connectivity index (χ3n) is 5.42. The van der Waals surface area contributed by atoms with Crippen LogP contribution in [-0.2, 0) is 19.4 Å². The van der Waals surface area contributed by atoms with Crippen molar-refractivity contribution in [3.8, 4) is 5.75 Å². The molecule has 0 spiro atoms. The highest BCUT2D eigenvalue weighted by atomic mass is 16.5. The van der Waals surface area contributed by atoms with Gasteiger partial charge >= 0.3 is 5.63 Å². The van der Waals surface area contributed by atoms with Crippen molar-refractivity contribution in [3.63, 3.8) is 0 Å². The molecule has 1 aromatic carbocycles. The molecule has 114 valence electrons.